The van der Waals surface area contributed by atoms with E-state index in [9.17, 15) is 18.0 Å². The molecule has 1 saturated carbocycles. The molecule has 1 heterocycles. The van der Waals surface area contributed by atoms with Gasteiger partial charge in [0.2, 0.25) is 5.91 Å². The summed E-state index contributed by atoms with van der Waals surface area (Å²) in [7, 11) is 0. The molecule has 1 aliphatic heterocycles. The minimum atomic E-state index is -3.34. The van der Waals surface area contributed by atoms with E-state index in [-0.39, 0.29) is 18.9 Å². The number of nitrogens with zero attached hydrogens (tertiary/aromatic N) is 1. The molecule has 0 bridgehead atoms. The quantitative estimate of drug-likeness (QED) is 0.861. The zero-order valence-corrected chi connectivity index (χ0v) is 13.0. The Balaban J connectivity index is 1.59. The Morgan fingerprint density at radius 3 is 2.57 bits per heavy atom. The van der Waals surface area contributed by atoms with Crippen molar-refractivity contribution in [3.63, 3.8) is 0 Å². The molecule has 6 heteroatoms. The van der Waals surface area contributed by atoms with E-state index in [1.807, 2.05) is 30.3 Å². The number of amides is 1. The molecule has 1 aromatic carbocycles. The summed E-state index contributed by atoms with van der Waals surface area (Å²) in [6.45, 7) is 1.35. The molecular formula is C17H21F3N2O. The van der Waals surface area contributed by atoms with Gasteiger partial charge in [-0.2, -0.15) is 8.78 Å². The minimum Gasteiger partial charge on any atom is -0.297 e. The number of nitrogens with one attached hydrogen (secondary N) is 1. The van der Waals surface area contributed by atoms with Gasteiger partial charge in [-0.15, -0.1) is 0 Å². The molecule has 2 fully saturated rings. The van der Waals surface area contributed by atoms with Crippen LogP contribution in [0.2, 0.25) is 0 Å². The summed E-state index contributed by atoms with van der Waals surface area (Å²) in [5.74, 6) is -1.65. The SMILES string of the molecule is CC(=O)NC(F)(F)C1CCN(C2CC2c2ccccc2)C(F)C1. The summed E-state index contributed by atoms with van der Waals surface area (Å²) in [4.78, 5) is 12.6. The lowest BCUT2D eigenvalue weighted by Crippen LogP contribution is -2.52. The first-order valence-electron chi connectivity index (χ1n) is 8.00. The van der Waals surface area contributed by atoms with Crippen LogP contribution >= 0.6 is 0 Å². The monoisotopic (exact) mass is 326 g/mol. The fraction of sp³-hybridized carbons (Fsp3) is 0.588. The topological polar surface area (TPSA) is 32.3 Å². The standard InChI is InChI=1S/C17H21F3N2O/c1-11(23)21-17(19,20)13-7-8-22(16(18)9-13)15-10-14(15)12-5-3-2-4-6-12/h2-6,13-16H,7-10H2,1H3,(H,21,23). The number of hydrogen-bond acceptors (Lipinski definition) is 2. The molecule has 3 nitrogen and oxygen atoms in total. The summed E-state index contributed by atoms with van der Waals surface area (Å²) < 4.78 is 42.2. The van der Waals surface area contributed by atoms with Gasteiger partial charge < -0.3 is 0 Å². The Kier molecular flexibility index (Phi) is 4.36. The highest BCUT2D eigenvalue weighted by molar-refractivity contribution is 5.73. The third-order valence-electron chi connectivity index (χ3n) is 4.84. The minimum absolute atomic E-state index is 0.0998. The van der Waals surface area contributed by atoms with E-state index in [0.717, 1.165) is 13.3 Å². The van der Waals surface area contributed by atoms with Crippen LogP contribution in [0.4, 0.5) is 13.2 Å². The van der Waals surface area contributed by atoms with Crippen LogP contribution in [0.3, 0.4) is 0 Å². The van der Waals surface area contributed by atoms with Crippen molar-refractivity contribution < 1.29 is 18.0 Å². The highest BCUT2D eigenvalue weighted by Gasteiger charge is 2.51. The normalized spacial score (nSPS) is 31.7. The van der Waals surface area contributed by atoms with Crippen LogP contribution in [-0.4, -0.2) is 35.7 Å². The molecule has 4 unspecified atom stereocenters. The van der Waals surface area contributed by atoms with Gasteiger partial charge in [-0.3, -0.25) is 15.0 Å². The Hall–Kier alpha value is -1.56. The Bertz CT molecular complexity index is 566. The molecule has 1 aromatic rings. The van der Waals surface area contributed by atoms with Crippen LogP contribution in [0.5, 0.6) is 0 Å². The molecule has 4 atom stereocenters. The summed E-state index contributed by atoms with van der Waals surface area (Å²) in [5.41, 5.74) is 1.18. The average Bonchev–Trinajstić information content (AvgIpc) is 3.27. The number of benzene rings is 1. The number of halogens is 3. The van der Waals surface area contributed by atoms with Gasteiger partial charge in [-0.25, -0.2) is 4.39 Å². The maximum atomic E-state index is 14.4. The third kappa shape index (κ3) is 3.52. The van der Waals surface area contributed by atoms with Crippen molar-refractivity contribution in [3.05, 3.63) is 35.9 Å². The van der Waals surface area contributed by atoms with Crippen LogP contribution in [0.25, 0.3) is 0 Å². The van der Waals surface area contributed by atoms with Gasteiger partial charge in [0.25, 0.3) is 0 Å². The van der Waals surface area contributed by atoms with E-state index in [0.29, 0.717) is 12.5 Å². The Labute approximate surface area is 133 Å². The first-order valence-corrected chi connectivity index (χ1v) is 8.00. The van der Waals surface area contributed by atoms with Gasteiger partial charge in [0.1, 0.15) is 0 Å². The number of alkyl halides is 3. The van der Waals surface area contributed by atoms with E-state index in [1.165, 1.54) is 5.56 Å². The lowest BCUT2D eigenvalue weighted by Gasteiger charge is -2.38. The Morgan fingerprint density at radius 2 is 1.96 bits per heavy atom. The van der Waals surface area contributed by atoms with Crippen LogP contribution in [0.1, 0.15) is 37.7 Å². The number of piperidine rings is 1. The van der Waals surface area contributed by atoms with Crippen LogP contribution < -0.4 is 5.32 Å². The average molecular weight is 326 g/mol. The van der Waals surface area contributed by atoms with Crippen LogP contribution in [0, 0.1) is 5.92 Å². The maximum absolute atomic E-state index is 14.4. The molecule has 2 aliphatic rings. The molecule has 0 radical (unpaired) electrons. The van der Waals surface area contributed by atoms with Crippen molar-refractivity contribution in [2.75, 3.05) is 6.54 Å². The Morgan fingerprint density at radius 1 is 1.26 bits per heavy atom. The molecule has 1 saturated heterocycles. The van der Waals surface area contributed by atoms with Gasteiger partial charge in [-0.05, 0) is 18.4 Å². The predicted octanol–water partition coefficient (Wildman–Crippen LogP) is 3.28. The van der Waals surface area contributed by atoms with Crippen molar-refractivity contribution in [1.82, 2.24) is 10.2 Å². The second-order valence-electron chi connectivity index (χ2n) is 6.52. The molecule has 0 spiro atoms. The number of rotatable bonds is 4. The highest BCUT2D eigenvalue weighted by atomic mass is 19.3. The largest absolute Gasteiger partial charge is 0.328 e. The summed E-state index contributed by atoms with van der Waals surface area (Å²) in [6.07, 6.45) is -0.569. The van der Waals surface area contributed by atoms with Crippen molar-refractivity contribution >= 4 is 5.91 Å². The van der Waals surface area contributed by atoms with Crippen molar-refractivity contribution in [2.45, 2.75) is 50.5 Å². The summed E-state index contributed by atoms with van der Waals surface area (Å²) in [5, 5.41) is 1.65. The smallest absolute Gasteiger partial charge is 0.297 e. The van der Waals surface area contributed by atoms with Gasteiger partial charge >= 0.3 is 6.05 Å². The van der Waals surface area contributed by atoms with E-state index in [1.54, 1.807) is 10.2 Å². The van der Waals surface area contributed by atoms with E-state index in [2.05, 4.69) is 0 Å². The predicted molar refractivity (Wildman–Crippen MR) is 80.7 cm³/mol. The molecular weight excluding hydrogens is 305 g/mol. The molecule has 3 rings (SSSR count). The van der Waals surface area contributed by atoms with E-state index >= 15 is 0 Å². The lowest BCUT2D eigenvalue weighted by molar-refractivity contribution is -0.150. The molecule has 1 aliphatic carbocycles. The lowest BCUT2D eigenvalue weighted by atomic mass is 9.93. The first kappa shape index (κ1) is 16.3. The molecule has 1 N–H and O–H groups in total. The zero-order valence-electron chi connectivity index (χ0n) is 13.0. The molecule has 1 amide bonds. The second kappa shape index (κ2) is 6.15. The van der Waals surface area contributed by atoms with Crippen molar-refractivity contribution in [1.29, 1.82) is 0 Å². The van der Waals surface area contributed by atoms with Crippen molar-refractivity contribution in [3.8, 4) is 0 Å². The van der Waals surface area contributed by atoms with E-state index < -0.39 is 24.2 Å². The highest BCUT2D eigenvalue weighted by Crippen LogP contribution is 2.48. The number of carbonyl (C=O) groups excluding carboxylic acids is 1. The van der Waals surface area contributed by atoms with E-state index in [4.69, 9.17) is 0 Å². The number of likely N-dealkylation sites (tertiary alicyclic amines) is 1. The summed E-state index contributed by atoms with van der Waals surface area (Å²) >= 11 is 0. The van der Waals surface area contributed by atoms with Crippen LogP contribution in [-0.2, 0) is 4.79 Å². The van der Waals surface area contributed by atoms with Gasteiger partial charge in [0, 0.05) is 37.8 Å². The number of carbonyl (C=O) groups is 1. The van der Waals surface area contributed by atoms with Gasteiger partial charge in [0.15, 0.2) is 6.30 Å². The third-order valence-corrected chi connectivity index (χ3v) is 4.84. The fourth-order valence-electron chi connectivity index (χ4n) is 3.58. The summed E-state index contributed by atoms with van der Waals surface area (Å²) in [6, 6.07) is 6.66. The zero-order chi connectivity index (χ0) is 16.6. The molecule has 23 heavy (non-hydrogen) atoms. The molecule has 0 aromatic heterocycles. The van der Waals surface area contributed by atoms with Crippen molar-refractivity contribution in [2.24, 2.45) is 5.92 Å². The second-order valence-corrected chi connectivity index (χ2v) is 6.52. The maximum Gasteiger partial charge on any atom is 0.328 e. The van der Waals surface area contributed by atoms with Gasteiger partial charge in [-0.1, -0.05) is 30.3 Å². The van der Waals surface area contributed by atoms with Gasteiger partial charge in [0.05, 0.1) is 0 Å². The molecule has 126 valence electrons. The fourth-order valence-corrected chi connectivity index (χ4v) is 3.58. The first-order chi connectivity index (χ1) is 10.9. The van der Waals surface area contributed by atoms with Crippen LogP contribution in [0.15, 0.2) is 30.3 Å². The number of hydrogen-bond donors (Lipinski definition) is 1.